The molecule has 0 aliphatic rings. The number of nitrogens with one attached hydrogen (secondary N) is 1. The Balaban J connectivity index is 2.13. The van der Waals surface area contributed by atoms with Gasteiger partial charge in [0, 0.05) is 5.56 Å². The molecule has 1 aromatic carbocycles. The smallest absolute Gasteiger partial charge is 0.229 e. The number of carbonyl (C=O) groups excluding carboxylic acids is 1. The first-order chi connectivity index (χ1) is 10.0. The van der Waals surface area contributed by atoms with Crippen LogP contribution in [0.25, 0.3) is 0 Å². The Labute approximate surface area is 124 Å². The highest BCUT2D eigenvalue weighted by Crippen LogP contribution is 2.26. The number of aryl methyl sites for hydroxylation is 3. The molecule has 21 heavy (non-hydrogen) atoms. The van der Waals surface area contributed by atoms with Crippen molar-refractivity contribution in [2.24, 2.45) is 0 Å². The van der Waals surface area contributed by atoms with Crippen molar-refractivity contribution >= 4 is 11.6 Å². The fourth-order valence-electron chi connectivity index (χ4n) is 2.12. The number of amides is 1. The Bertz CT molecular complexity index is 627. The lowest BCUT2D eigenvalue weighted by Gasteiger charge is -2.12. The minimum atomic E-state index is -0.116. The predicted molar refractivity (Wildman–Crippen MR) is 80.7 cm³/mol. The zero-order valence-electron chi connectivity index (χ0n) is 12.8. The molecule has 0 saturated carbocycles. The Hall–Kier alpha value is -2.30. The topological polar surface area (TPSA) is 64.4 Å². The summed E-state index contributed by atoms with van der Waals surface area (Å²) in [6.45, 7) is 8.09. The molecule has 2 rings (SSSR count). The molecule has 0 atom stereocenters. The van der Waals surface area contributed by atoms with Crippen LogP contribution >= 0.6 is 0 Å². The molecule has 0 spiro atoms. The van der Waals surface area contributed by atoms with Crippen LogP contribution < -0.4 is 10.1 Å². The second-order valence-electron chi connectivity index (χ2n) is 4.96. The summed E-state index contributed by atoms with van der Waals surface area (Å²) in [4.78, 5) is 12.2. The Morgan fingerprint density at radius 3 is 2.71 bits per heavy atom. The van der Waals surface area contributed by atoms with E-state index in [1.165, 1.54) is 0 Å². The van der Waals surface area contributed by atoms with Crippen molar-refractivity contribution in [3.8, 4) is 5.75 Å². The number of hydrogen-bond acceptors (Lipinski definition) is 4. The summed E-state index contributed by atoms with van der Waals surface area (Å²) >= 11 is 0. The number of aromatic nitrogens is 1. The third-order valence-corrected chi connectivity index (χ3v) is 3.23. The second kappa shape index (κ2) is 6.43. The molecule has 1 aromatic heterocycles. The highest BCUT2D eigenvalue weighted by molar-refractivity contribution is 5.93. The lowest BCUT2D eigenvalue weighted by Crippen LogP contribution is -2.16. The van der Waals surface area contributed by atoms with Gasteiger partial charge in [-0.25, -0.2) is 0 Å². The van der Waals surface area contributed by atoms with Crippen LogP contribution in [0, 0.1) is 20.8 Å². The van der Waals surface area contributed by atoms with E-state index in [0.29, 0.717) is 23.8 Å². The lowest BCUT2D eigenvalue weighted by molar-refractivity contribution is -0.115. The molecule has 0 unspecified atom stereocenters. The average molecular weight is 288 g/mol. The molecule has 5 heteroatoms. The number of rotatable bonds is 5. The molecule has 2 aromatic rings. The van der Waals surface area contributed by atoms with Gasteiger partial charge in [0.2, 0.25) is 5.91 Å². The van der Waals surface area contributed by atoms with E-state index in [0.717, 1.165) is 16.8 Å². The van der Waals surface area contributed by atoms with Gasteiger partial charge < -0.3 is 14.6 Å². The van der Waals surface area contributed by atoms with Crippen LogP contribution in [-0.4, -0.2) is 17.7 Å². The zero-order chi connectivity index (χ0) is 15.4. The van der Waals surface area contributed by atoms with Crippen molar-refractivity contribution in [2.75, 3.05) is 11.9 Å². The molecule has 0 saturated heterocycles. The Morgan fingerprint density at radius 1 is 1.33 bits per heavy atom. The highest BCUT2D eigenvalue weighted by atomic mass is 16.5. The van der Waals surface area contributed by atoms with Gasteiger partial charge in [-0.3, -0.25) is 4.79 Å². The monoisotopic (exact) mass is 288 g/mol. The lowest BCUT2D eigenvalue weighted by atomic mass is 10.1. The number of nitrogens with zero attached hydrogens (tertiary/aromatic N) is 1. The van der Waals surface area contributed by atoms with Crippen molar-refractivity contribution in [1.29, 1.82) is 0 Å². The quantitative estimate of drug-likeness (QED) is 0.917. The summed E-state index contributed by atoms with van der Waals surface area (Å²) in [6, 6.07) is 5.70. The van der Waals surface area contributed by atoms with E-state index in [1.54, 1.807) is 6.92 Å². The van der Waals surface area contributed by atoms with Gasteiger partial charge >= 0.3 is 0 Å². The highest BCUT2D eigenvalue weighted by Gasteiger charge is 2.15. The molecular formula is C16H20N2O3. The van der Waals surface area contributed by atoms with E-state index in [-0.39, 0.29) is 12.3 Å². The van der Waals surface area contributed by atoms with Gasteiger partial charge in [0.05, 0.1) is 24.4 Å². The van der Waals surface area contributed by atoms with Crippen LogP contribution in [0.1, 0.15) is 29.5 Å². The SMILES string of the molecule is CCOc1cc(C)ccc1NC(=O)Cc1c(C)noc1C. The summed E-state index contributed by atoms with van der Waals surface area (Å²) < 4.78 is 10.6. The normalized spacial score (nSPS) is 10.5. The van der Waals surface area contributed by atoms with Crippen molar-refractivity contribution in [2.45, 2.75) is 34.1 Å². The Morgan fingerprint density at radius 2 is 2.10 bits per heavy atom. The van der Waals surface area contributed by atoms with Crippen molar-refractivity contribution in [3.63, 3.8) is 0 Å². The summed E-state index contributed by atoms with van der Waals surface area (Å²) in [7, 11) is 0. The van der Waals surface area contributed by atoms with Gasteiger partial charge in [-0.1, -0.05) is 11.2 Å². The summed E-state index contributed by atoms with van der Waals surface area (Å²) in [5.41, 5.74) is 3.34. The number of ether oxygens (including phenoxy) is 1. The van der Waals surface area contributed by atoms with Crippen LogP contribution in [0.2, 0.25) is 0 Å². The van der Waals surface area contributed by atoms with E-state index in [2.05, 4.69) is 10.5 Å². The number of carbonyl (C=O) groups is 1. The standard InChI is InChI=1S/C16H20N2O3/c1-5-20-15-8-10(2)6-7-14(15)17-16(19)9-13-11(3)18-21-12(13)4/h6-8H,5,9H2,1-4H3,(H,17,19). The second-order valence-corrected chi connectivity index (χ2v) is 4.96. The van der Waals surface area contributed by atoms with E-state index < -0.39 is 0 Å². The third-order valence-electron chi connectivity index (χ3n) is 3.23. The van der Waals surface area contributed by atoms with E-state index >= 15 is 0 Å². The first-order valence-electron chi connectivity index (χ1n) is 6.96. The van der Waals surface area contributed by atoms with Crippen LogP contribution in [0.3, 0.4) is 0 Å². The molecule has 112 valence electrons. The number of anilines is 1. The van der Waals surface area contributed by atoms with Crippen molar-refractivity contribution in [3.05, 3.63) is 40.8 Å². The number of hydrogen-bond donors (Lipinski definition) is 1. The molecule has 0 bridgehead atoms. The van der Waals surface area contributed by atoms with Crippen LogP contribution in [0.5, 0.6) is 5.75 Å². The number of benzene rings is 1. The molecule has 0 radical (unpaired) electrons. The van der Waals surface area contributed by atoms with Crippen LogP contribution in [0.15, 0.2) is 22.7 Å². The van der Waals surface area contributed by atoms with Gasteiger partial charge in [0.15, 0.2) is 0 Å². The van der Waals surface area contributed by atoms with Gasteiger partial charge in [0.25, 0.3) is 0 Å². The van der Waals surface area contributed by atoms with Gasteiger partial charge in [-0.15, -0.1) is 0 Å². The minimum absolute atomic E-state index is 0.116. The summed E-state index contributed by atoms with van der Waals surface area (Å²) in [5, 5.41) is 6.74. The molecule has 1 heterocycles. The van der Waals surface area contributed by atoms with E-state index in [1.807, 2.05) is 39.0 Å². The molecular weight excluding hydrogens is 268 g/mol. The zero-order valence-corrected chi connectivity index (χ0v) is 12.8. The summed E-state index contributed by atoms with van der Waals surface area (Å²) in [6.07, 6.45) is 0.237. The maximum atomic E-state index is 12.2. The molecule has 0 aliphatic heterocycles. The average Bonchev–Trinajstić information content (AvgIpc) is 2.74. The molecule has 0 fully saturated rings. The Kier molecular flexibility index (Phi) is 4.62. The van der Waals surface area contributed by atoms with Gasteiger partial charge in [-0.05, 0) is 45.4 Å². The molecule has 0 aliphatic carbocycles. The minimum Gasteiger partial charge on any atom is -0.492 e. The maximum Gasteiger partial charge on any atom is 0.229 e. The fraction of sp³-hybridized carbons (Fsp3) is 0.375. The van der Waals surface area contributed by atoms with Crippen molar-refractivity contribution in [1.82, 2.24) is 5.16 Å². The van der Waals surface area contributed by atoms with Crippen LogP contribution in [0.4, 0.5) is 5.69 Å². The first-order valence-corrected chi connectivity index (χ1v) is 6.96. The summed E-state index contributed by atoms with van der Waals surface area (Å²) in [5.74, 6) is 1.25. The molecule has 5 nitrogen and oxygen atoms in total. The maximum absolute atomic E-state index is 12.2. The van der Waals surface area contributed by atoms with Gasteiger partial charge in [0.1, 0.15) is 11.5 Å². The third kappa shape index (κ3) is 3.62. The van der Waals surface area contributed by atoms with Crippen LogP contribution in [-0.2, 0) is 11.2 Å². The van der Waals surface area contributed by atoms with Crippen molar-refractivity contribution < 1.29 is 14.1 Å². The molecule has 1 N–H and O–H groups in total. The van der Waals surface area contributed by atoms with E-state index in [4.69, 9.17) is 9.26 Å². The van der Waals surface area contributed by atoms with E-state index in [9.17, 15) is 4.79 Å². The first kappa shape index (κ1) is 15.1. The predicted octanol–water partition coefficient (Wildman–Crippen LogP) is 3.18. The molecule has 1 amide bonds. The largest absolute Gasteiger partial charge is 0.492 e. The fourth-order valence-corrected chi connectivity index (χ4v) is 2.12. The van der Waals surface area contributed by atoms with Gasteiger partial charge in [-0.2, -0.15) is 0 Å².